The van der Waals surface area contributed by atoms with E-state index in [2.05, 4.69) is 49.4 Å². The zero-order valence-electron chi connectivity index (χ0n) is 16.0. The Balaban J connectivity index is 1.84. The van der Waals surface area contributed by atoms with Gasteiger partial charge in [-0.15, -0.1) is 0 Å². The number of allylic oxidation sites excluding steroid dienone is 2. The molecule has 0 radical (unpaired) electrons. The van der Waals surface area contributed by atoms with Gasteiger partial charge in [-0.1, -0.05) is 37.1 Å². The maximum atomic E-state index is 6.28. The Labute approximate surface area is 157 Å². The number of unbranched alkanes of at least 4 members (excludes halogenated alkanes) is 1. The molecule has 0 unspecified atom stereocenters. The van der Waals surface area contributed by atoms with Gasteiger partial charge in [0.05, 0.1) is 16.6 Å². The molecule has 0 N–H and O–H groups in total. The molecule has 138 valence electrons. The van der Waals surface area contributed by atoms with Gasteiger partial charge in [-0.2, -0.15) is 0 Å². The van der Waals surface area contributed by atoms with E-state index >= 15 is 0 Å². The van der Waals surface area contributed by atoms with Gasteiger partial charge in [0.25, 0.3) is 0 Å². The highest BCUT2D eigenvalue weighted by Crippen LogP contribution is 2.22. The van der Waals surface area contributed by atoms with Crippen LogP contribution < -0.4 is 0 Å². The fourth-order valence-corrected chi connectivity index (χ4v) is 3.18. The summed E-state index contributed by atoms with van der Waals surface area (Å²) in [6, 6.07) is 8.07. The summed E-state index contributed by atoms with van der Waals surface area (Å²) in [4.78, 5) is 4.40. The van der Waals surface area contributed by atoms with Gasteiger partial charge in [0.15, 0.2) is 0 Å². The third-order valence-corrected chi connectivity index (χ3v) is 4.86. The summed E-state index contributed by atoms with van der Waals surface area (Å²) in [7, 11) is 0. The first-order valence-corrected chi connectivity index (χ1v) is 9.71. The van der Waals surface area contributed by atoms with Crippen molar-refractivity contribution in [3.63, 3.8) is 0 Å². The normalized spacial score (nSPS) is 12.9. The summed E-state index contributed by atoms with van der Waals surface area (Å²) in [5, 5.41) is 0.552. The van der Waals surface area contributed by atoms with Crippen molar-refractivity contribution in [1.82, 2.24) is 9.55 Å². The molecule has 0 aliphatic heterocycles. The van der Waals surface area contributed by atoms with Crippen LogP contribution in [0.2, 0.25) is 5.28 Å². The van der Waals surface area contributed by atoms with Crippen molar-refractivity contribution < 1.29 is 4.74 Å². The van der Waals surface area contributed by atoms with E-state index in [1.807, 2.05) is 18.2 Å². The number of imidazole rings is 1. The molecule has 25 heavy (non-hydrogen) atoms. The quantitative estimate of drug-likeness (QED) is 0.361. The summed E-state index contributed by atoms with van der Waals surface area (Å²) in [5.74, 6) is 0. The molecule has 0 amide bonds. The Kier molecular flexibility index (Phi) is 7.52. The number of aromatic nitrogens is 2. The van der Waals surface area contributed by atoms with Gasteiger partial charge in [0.2, 0.25) is 5.28 Å². The Morgan fingerprint density at radius 3 is 2.80 bits per heavy atom. The van der Waals surface area contributed by atoms with E-state index in [0.717, 1.165) is 49.9 Å². The zero-order chi connectivity index (χ0) is 18.3. The van der Waals surface area contributed by atoms with Crippen LogP contribution in [0.5, 0.6) is 0 Å². The van der Waals surface area contributed by atoms with E-state index in [1.54, 1.807) is 0 Å². The van der Waals surface area contributed by atoms with Crippen LogP contribution in [0.4, 0.5) is 0 Å². The maximum absolute atomic E-state index is 6.28. The van der Waals surface area contributed by atoms with Crippen molar-refractivity contribution in [1.29, 1.82) is 0 Å². The molecule has 0 saturated carbocycles. The second kappa shape index (κ2) is 9.40. The first kappa shape index (κ1) is 20.0. The molecular weight excluding hydrogens is 332 g/mol. The van der Waals surface area contributed by atoms with Gasteiger partial charge in [0.1, 0.15) is 0 Å². The van der Waals surface area contributed by atoms with Crippen molar-refractivity contribution in [2.45, 2.75) is 71.9 Å². The average Bonchev–Trinajstić information content (AvgIpc) is 2.88. The molecule has 0 spiro atoms. The van der Waals surface area contributed by atoms with Crippen LogP contribution in [-0.2, 0) is 11.3 Å². The number of hydrogen-bond donors (Lipinski definition) is 0. The molecule has 0 aliphatic rings. The highest BCUT2D eigenvalue weighted by atomic mass is 35.5. The summed E-state index contributed by atoms with van der Waals surface area (Å²) in [5.41, 5.74) is 3.39. The van der Waals surface area contributed by atoms with Gasteiger partial charge in [0, 0.05) is 13.2 Å². The Bertz CT molecular complexity index is 703. The molecule has 1 aromatic heterocycles. The molecule has 2 aromatic rings. The number of ether oxygens (including phenoxy) is 1. The van der Waals surface area contributed by atoms with E-state index in [1.165, 1.54) is 12.0 Å². The second-order valence-corrected chi connectivity index (χ2v) is 7.68. The summed E-state index contributed by atoms with van der Waals surface area (Å²) in [6.45, 7) is 10.4. The lowest BCUT2D eigenvalue weighted by atomic mass is 9.99. The fourth-order valence-electron chi connectivity index (χ4n) is 2.93. The lowest BCUT2D eigenvalue weighted by Gasteiger charge is -2.25. The number of rotatable bonds is 10. The van der Waals surface area contributed by atoms with Crippen LogP contribution in [-0.4, -0.2) is 21.8 Å². The van der Waals surface area contributed by atoms with Crippen LogP contribution in [0, 0.1) is 0 Å². The van der Waals surface area contributed by atoms with E-state index < -0.39 is 0 Å². The minimum atomic E-state index is -0.0285. The maximum Gasteiger partial charge on any atom is 0.204 e. The molecule has 0 saturated heterocycles. The average molecular weight is 363 g/mol. The smallest absolute Gasteiger partial charge is 0.204 e. The third kappa shape index (κ3) is 6.16. The minimum absolute atomic E-state index is 0.0285. The summed E-state index contributed by atoms with van der Waals surface area (Å²) >= 11 is 6.28. The van der Waals surface area contributed by atoms with Crippen molar-refractivity contribution in [3.05, 3.63) is 41.2 Å². The highest BCUT2D eigenvalue weighted by Gasteiger charge is 2.17. The number of benzene rings is 1. The minimum Gasteiger partial charge on any atom is -0.376 e. The lowest BCUT2D eigenvalue weighted by molar-refractivity contribution is -0.0257. The Morgan fingerprint density at radius 2 is 2.04 bits per heavy atom. The molecule has 0 atom stereocenters. The largest absolute Gasteiger partial charge is 0.376 e. The van der Waals surface area contributed by atoms with Crippen LogP contribution >= 0.6 is 11.6 Å². The van der Waals surface area contributed by atoms with E-state index in [9.17, 15) is 0 Å². The van der Waals surface area contributed by atoms with Gasteiger partial charge >= 0.3 is 0 Å². The molecule has 0 fully saturated rings. The Morgan fingerprint density at radius 1 is 1.28 bits per heavy atom. The van der Waals surface area contributed by atoms with Crippen LogP contribution in [0.3, 0.4) is 0 Å². The number of hydrogen-bond acceptors (Lipinski definition) is 2. The van der Waals surface area contributed by atoms with Gasteiger partial charge in [-0.3, -0.25) is 0 Å². The fraction of sp³-hybridized carbons (Fsp3) is 0.571. The first-order chi connectivity index (χ1) is 11.9. The van der Waals surface area contributed by atoms with Gasteiger partial charge in [-0.25, -0.2) is 4.98 Å². The molecular formula is C21H31ClN2O. The van der Waals surface area contributed by atoms with Gasteiger partial charge in [-0.05, 0) is 70.2 Å². The van der Waals surface area contributed by atoms with Crippen molar-refractivity contribution in [2.75, 3.05) is 6.61 Å². The van der Waals surface area contributed by atoms with E-state index in [-0.39, 0.29) is 5.60 Å². The highest BCUT2D eigenvalue weighted by molar-refractivity contribution is 6.29. The predicted octanol–water partition coefficient (Wildman–Crippen LogP) is 6.40. The molecule has 1 heterocycles. The summed E-state index contributed by atoms with van der Waals surface area (Å²) < 4.78 is 8.04. The van der Waals surface area contributed by atoms with Crippen molar-refractivity contribution >= 4 is 22.6 Å². The molecule has 0 bridgehead atoms. The number of para-hydroxylation sites is 2. The van der Waals surface area contributed by atoms with Crippen LogP contribution in [0.1, 0.15) is 59.8 Å². The standard InChI is InChI=1S/C21H31ClN2O/c1-5-6-16-25-21(3,4)14-9-10-17(2)13-15-24-19-12-8-7-11-18(19)23-20(24)22/h7-8,11-13H,5-6,9-10,14-16H2,1-4H3. The molecule has 2 rings (SSSR count). The molecule has 0 aliphatic carbocycles. The second-order valence-electron chi connectivity index (χ2n) is 7.35. The molecule has 3 nitrogen and oxygen atoms in total. The predicted molar refractivity (Wildman–Crippen MR) is 107 cm³/mol. The topological polar surface area (TPSA) is 27.1 Å². The summed E-state index contributed by atoms with van der Waals surface area (Å²) in [6.07, 6.45) is 7.89. The Hall–Kier alpha value is -1.32. The van der Waals surface area contributed by atoms with E-state index in [4.69, 9.17) is 16.3 Å². The van der Waals surface area contributed by atoms with Crippen LogP contribution in [0.15, 0.2) is 35.9 Å². The van der Waals surface area contributed by atoms with Crippen LogP contribution in [0.25, 0.3) is 11.0 Å². The molecule has 4 heteroatoms. The molecule has 1 aromatic carbocycles. The monoisotopic (exact) mass is 362 g/mol. The van der Waals surface area contributed by atoms with E-state index in [0.29, 0.717) is 5.28 Å². The van der Waals surface area contributed by atoms with Crippen molar-refractivity contribution in [3.8, 4) is 0 Å². The van der Waals surface area contributed by atoms with Crippen molar-refractivity contribution in [2.24, 2.45) is 0 Å². The number of nitrogens with zero attached hydrogens (tertiary/aromatic N) is 2. The number of halogens is 1. The number of fused-ring (bicyclic) bond motifs is 1. The lowest BCUT2D eigenvalue weighted by Crippen LogP contribution is -2.24. The first-order valence-electron chi connectivity index (χ1n) is 9.33. The zero-order valence-corrected chi connectivity index (χ0v) is 16.8. The van der Waals surface area contributed by atoms with Gasteiger partial charge < -0.3 is 9.30 Å². The third-order valence-electron chi connectivity index (χ3n) is 4.57. The SMILES string of the molecule is CCCCOC(C)(C)CCCC(C)=CCn1c(Cl)nc2ccccc21.